The lowest BCUT2D eigenvalue weighted by molar-refractivity contribution is -0.149. The first-order valence-corrected chi connectivity index (χ1v) is 8.70. The number of carbonyl (C=O) groups excluding carboxylic acids is 3. The van der Waals surface area contributed by atoms with Crippen LogP contribution in [0.25, 0.3) is 0 Å². The van der Waals surface area contributed by atoms with Crippen molar-refractivity contribution < 1.29 is 19.1 Å². The normalized spacial score (nSPS) is 15.3. The summed E-state index contributed by atoms with van der Waals surface area (Å²) in [5.74, 6) is -0.928. The van der Waals surface area contributed by atoms with Gasteiger partial charge >= 0.3 is 5.97 Å². The fraction of sp³-hybridized carbons (Fsp3) is 0.350. The third-order valence-electron chi connectivity index (χ3n) is 4.13. The zero-order chi connectivity index (χ0) is 18.8. The molecule has 0 aliphatic carbocycles. The molecule has 2 amide bonds. The number of nitrogens with one attached hydrogen (secondary N) is 1. The Morgan fingerprint density at radius 1 is 1.15 bits per heavy atom. The second kappa shape index (κ2) is 10.2. The first-order chi connectivity index (χ1) is 12.6. The molecule has 0 radical (unpaired) electrons. The fourth-order valence-corrected chi connectivity index (χ4v) is 2.67. The number of nitrogens with zero attached hydrogens (tertiary/aromatic N) is 1. The van der Waals surface area contributed by atoms with Gasteiger partial charge in [0, 0.05) is 30.8 Å². The number of rotatable bonds is 6. The van der Waals surface area contributed by atoms with Crippen molar-refractivity contribution in [3.8, 4) is 0 Å². The summed E-state index contributed by atoms with van der Waals surface area (Å²) >= 11 is 0. The maximum Gasteiger partial charge on any atom is 0.331 e. The molecule has 6 nitrogen and oxygen atoms in total. The van der Waals surface area contributed by atoms with Gasteiger partial charge < -0.3 is 15.0 Å². The van der Waals surface area contributed by atoms with Gasteiger partial charge in [0.2, 0.25) is 5.91 Å². The summed E-state index contributed by atoms with van der Waals surface area (Å²) in [4.78, 5) is 37.5. The lowest BCUT2D eigenvalue weighted by atomic mass is 9.95. The maximum absolute atomic E-state index is 12.3. The minimum atomic E-state index is -0.548. The van der Waals surface area contributed by atoms with Crippen molar-refractivity contribution >= 4 is 23.5 Å². The number of benzene rings is 1. The summed E-state index contributed by atoms with van der Waals surface area (Å²) in [5, 5.41) is 2.90. The van der Waals surface area contributed by atoms with Gasteiger partial charge in [-0.25, -0.2) is 4.79 Å². The molecule has 26 heavy (non-hydrogen) atoms. The third kappa shape index (κ3) is 6.20. The van der Waals surface area contributed by atoms with Crippen LogP contribution in [0.2, 0.25) is 0 Å². The Hall–Kier alpha value is -2.89. The van der Waals surface area contributed by atoms with Crippen molar-refractivity contribution in [1.29, 1.82) is 0 Å². The van der Waals surface area contributed by atoms with Crippen molar-refractivity contribution in [1.82, 2.24) is 4.90 Å². The quantitative estimate of drug-likeness (QED) is 0.483. The van der Waals surface area contributed by atoms with Crippen LogP contribution >= 0.6 is 0 Å². The topological polar surface area (TPSA) is 75.7 Å². The van der Waals surface area contributed by atoms with E-state index in [2.05, 4.69) is 5.32 Å². The van der Waals surface area contributed by atoms with Crippen LogP contribution in [-0.2, 0) is 19.1 Å². The van der Waals surface area contributed by atoms with Crippen molar-refractivity contribution in [3.05, 3.63) is 54.6 Å². The first kappa shape index (κ1) is 19.4. The van der Waals surface area contributed by atoms with Crippen LogP contribution in [0.15, 0.2) is 54.6 Å². The number of para-hydroxylation sites is 1. The lowest BCUT2D eigenvalue weighted by Gasteiger charge is -2.31. The second-order valence-electron chi connectivity index (χ2n) is 6.00. The fourth-order valence-electron chi connectivity index (χ4n) is 2.67. The number of anilines is 1. The van der Waals surface area contributed by atoms with Crippen LogP contribution < -0.4 is 5.32 Å². The highest BCUT2D eigenvalue weighted by Crippen LogP contribution is 2.19. The molecule has 1 fully saturated rings. The standard InChI is InChI=1S/C20H24N2O4/c1-2-3-5-10-19(24)26-15-18(23)22-13-11-16(12-14-22)20(25)21-17-8-6-4-7-9-17/h2-10,16H,11-15H2,1H3,(H,21,25)/b3-2+,10-5+. The van der Waals surface area contributed by atoms with Gasteiger partial charge in [0.15, 0.2) is 6.61 Å². The number of hydrogen-bond acceptors (Lipinski definition) is 4. The molecule has 0 atom stereocenters. The van der Waals surface area contributed by atoms with Crippen LogP contribution in [0.1, 0.15) is 19.8 Å². The van der Waals surface area contributed by atoms with Crippen LogP contribution in [0, 0.1) is 5.92 Å². The molecular formula is C20H24N2O4. The van der Waals surface area contributed by atoms with Crippen LogP contribution in [0.3, 0.4) is 0 Å². The Bertz CT molecular complexity index is 674. The Balaban J connectivity index is 1.72. The monoisotopic (exact) mass is 356 g/mol. The number of likely N-dealkylation sites (tertiary alicyclic amines) is 1. The van der Waals surface area contributed by atoms with Crippen LogP contribution in [-0.4, -0.2) is 42.4 Å². The number of ether oxygens (including phenoxy) is 1. The smallest absolute Gasteiger partial charge is 0.331 e. The molecular weight excluding hydrogens is 332 g/mol. The minimum Gasteiger partial charge on any atom is -0.452 e. The van der Waals surface area contributed by atoms with E-state index >= 15 is 0 Å². The summed E-state index contributed by atoms with van der Waals surface area (Å²) in [7, 11) is 0. The Morgan fingerprint density at radius 3 is 2.50 bits per heavy atom. The molecule has 1 aliphatic heterocycles. The van der Waals surface area contributed by atoms with Crippen molar-refractivity contribution in [2.24, 2.45) is 5.92 Å². The van der Waals surface area contributed by atoms with E-state index in [0.29, 0.717) is 25.9 Å². The number of allylic oxidation sites excluding steroid dienone is 3. The molecule has 0 aromatic heterocycles. The van der Waals surface area contributed by atoms with Crippen molar-refractivity contribution in [3.63, 3.8) is 0 Å². The van der Waals surface area contributed by atoms with Gasteiger partial charge in [0.1, 0.15) is 0 Å². The molecule has 2 rings (SSSR count). The highest BCUT2D eigenvalue weighted by molar-refractivity contribution is 5.92. The summed E-state index contributed by atoms with van der Waals surface area (Å²) in [5.41, 5.74) is 0.772. The van der Waals surface area contributed by atoms with Crippen molar-refractivity contribution in [2.75, 3.05) is 25.0 Å². The van der Waals surface area contributed by atoms with E-state index < -0.39 is 5.97 Å². The maximum atomic E-state index is 12.3. The van der Waals surface area contributed by atoms with E-state index in [0.717, 1.165) is 5.69 Å². The third-order valence-corrected chi connectivity index (χ3v) is 4.13. The molecule has 1 aromatic carbocycles. The molecule has 1 heterocycles. The van der Waals surface area contributed by atoms with E-state index in [1.54, 1.807) is 23.1 Å². The van der Waals surface area contributed by atoms with E-state index in [1.165, 1.54) is 6.08 Å². The summed E-state index contributed by atoms with van der Waals surface area (Å²) in [6, 6.07) is 9.31. The zero-order valence-corrected chi connectivity index (χ0v) is 14.9. The highest BCUT2D eigenvalue weighted by Gasteiger charge is 2.27. The summed E-state index contributed by atoms with van der Waals surface area (Å²) in [6.45, 7) is 2.53. The van der Waals surface area contributed by atoms with Crippen LogP contribution in [0.4, 0.5) is 5.69 Å². The van der Waals surface area contributed by atoms with Gasteiger partial charge in [-0.3, -0.25) is 9.59 Å². The van der Waals surface area contributed by atoms with Gasteiger partial charge in [-0.05, 0) is 31.9 Å². The SMILES string of the molecule is C/C=C/C=C/C(=O)OCC(=O)N1CCC(C(=O)Nc2ccccc2)CC1. The largest absolute Gasteiger partial charge is 0.452 e. The molecule has 6 heteroatoms. The summed E-state index contributed by atoms with van der Waals surface area (Å²) in [6.07, 6.45) is 7.51. The van der Waals surface area contributed by atoms with Gasteiger partial charge in [0.25, 0.3) is 5.91 Å². The second-order valence-corrected chi connectivity index (χ2v) is 6.00. The van der Waals surface area contributed by atoms with Gasteiger partial charge in [-0.2, -0.15) is 0 Å². The zero-order valence-electron chi connectivity index (χ0n) is 14.9. The minimum absolute atomic E-state index is 0.0242. The highest BCUT2D eigenvalue weighted by atomic mass is 16.5. The molecule has 1 N–H and O–H groups in total. The van der Waals surface area contributed by atoms with E-state index in [1.807, 2.05) is 37.3 Å². The lowest BCUT2D eigenvalue weighted by Crippen LogP contribution is -2.43. The van der Waals surface area contributed by atoms with E-state index in [9.17, 15) is 14.4 Å². The Kier molecular flexibility index (Phi) is 7.61. The summed E-state index contributed by atoms with van der Waals surface area (Å²) < 4.78 is 4.93. The molecule has 0 unspecified atom stereocenters. The van der Waals surface area contributed by atoms with Gasteiger partial charge in [0.05, 0.1) is 0 Å². The molecule has 1 aliphatic rings. The van der Waals surface area contributed by atoms with E-state index in [4.69, 9.17) is 4.74 Å². The predicted molar refractivity (Wildman–Crippen MR) is 99.3 cm³/mol. The van der Waals surface area contributed by atoms with Crippen LogP contribution in [0.5, 0.6) is 0 Å². The van der Waals surface area contributed by atoms with Gasteiger partial charge in [-0.1, -0.05) is 36.4 Å². The molecule has 138 valence electrons. The Labute approximate surface area is 153 Å². The number of piperidine rings is 1. The number of esters is 1. The average molecular weight is 356 g/mol. The van der Waals surface area contributed by atoms with Gasteiger partial charge in [-0.15, -0.1) is 0 Å². The first-order valence-electron chi connectivity index (χ1n) is 8.70. The average Bonchev–Trinajstić information content (AvgIpc) is 2.67. The molecule has 1 saturated heterocycles. The van der Waals surface area contributed by atoms with Crippen molar-refractivity contribution in [2.45, 2.75) is 19.8 Å². The number of carbonyl (C=O) groups is 3. The molecule has 0 saturated carbocycles. The number of hydrogen-bond donors (Lipinski definition) is 1. The Morgan fingerprint density at radius 2 is 1.85 bits per heavy atom. The molecule has 0 bridgehead atoms. The molecule has 0 spiro atoms. The van der Waals surface area contributed by atoms with E-state index in [-0.39, 0.29) is 24.3 Å². The number of amides is 2. The molecule has 1 aromatic rings. The predicted octanol–water partition coefficient (Wildman–Crippen LogP) is 2.54.